The molecule has 0 radical (unpaired) electrons. The van der Waals surface area contributed by atoms with Crippen LogP contribution in [0.2, 0.25) is 39.3 Å². The molecule has 8 aromatic rings. The van der Waals surface area contributed by atoms with Gasteiger partial charge in [-0.3, -0.25) is 38.7 Å². The number of benzene rings is 4. The molecule has 30 nitrogen and oxygen atoms in total. The zero-order valence-electron chi connectivity index (χ0n) is 74.8. The highest BCUT2D eigenvalue weighted by molar-refractivity contribution is 6.74. The number of carbonyl (C=O) groups excluding carboxylic acids is 7. The van der Waals surface area contributed by atoms with Crippen LogP contribution in [0.1, 0.15) is 189 Å². The number of aliphatic hydroxyl groups is 4. The van der Waals surface area contributed by atoms with Gasteiger partial charge in [-0.25, -0.2) is 9.36 Å². The van der Waals surface area contributed by atoms with Crippen LogP contribution in [-0.4, -0.2) is 204 Å². The van der Waals surface area contributed by atoms with Crippen LogP contribution in [0.5, 0.6) is 0 Å². The summed E-state index contributed by atoms with van der Waals surface area (Å²) in [6, 6.07) is 34.4. The van der Waals surface area contributed by atoms with Crippen molar-refractivity contribution in [1.82, 2.24) is 39.2 Å². The summed E-state index contributed by atoms with van der Waals surface area (Å²) in [5, 5.41) is 59.0. The Labute approximate surface area is 724 Å². The Morgan fingerprint density at radius 2 is 0.724 bits per heavy atom. The predicted molar refractivity (Wildman–Crippen MR) is 465 cm³/mol. The summed E-state index contributed by atoms with van der Waals surface area (Å²) in [6.45, 7) is 39.0. The topological polar surface area (TPSA) is 384 Å². The lowest BCUT2D eigenvalue weighted by atomic mass is 9.95. The molecule has 4 aromatic heterocycles. The molecule has 3 aliphatic heterocycles. The SMILES string of the molecule is C=C(C)O[Si](C)(C)C.CC[C@H]1O[C@@H](OC(C)=O)[C@H](OC(C)=O)[C@@H](OC(C)=O)[C@@H]1OC(C)=O.CCc1ccc(Cc2cn[nH]c2)cc1.CCc1ccc(Cc2cnn(C3O[C@H](CC)[C@@H](OC(C)=O)[C@H](OC(C)=O)[C@H]3OC(C)=O)c2)cc1.CCc1ccc(Cc2cnn(C3O[C@H](CO)[C@@H](O)[C@H](O)[C@H]3O)c2)cc1.CCc1ccc(Cc2cnn([Si](C)(C)C)c2)cc1. The smallest absolute Gasteiger partial charge is 0.305 e. The molecule has 2 unspecified atom stereocenters. The van der Waals surface area contributed by atoms with E-state index in [1.807, 2.05) is 38.6 Å². The summed E-state index contributed by atoms with van der Waals surface area (Å²) in [7, 11) is -2.66. The van der Waals surface area contributed by atoms with Gasteiger partial charge in [0.05, 0.1) is 37.2 Å². The maximum atomic E-state index is 11.9. The zero-order valence-corrected chi connectivity index (χ0v) is 76.8. The summed E-state index contributed by atoms with van der Waals surface area (Å²) in [5.74, 6) is -3.56. The molecule has 3 fully saturated rings. The van der Waals surface area contributed by atoms with Crippen molar-refractivity contribution in [2.75, 3.05) is 6.61 Å². The van der Waals surface area contributed by atoms with Gasteiger partial charge >= 0.3 is 41.8 Å². The van der Waals surface area contributed by atoms with E-state index in [9.17, 15) is 54.0 Å². The largest absolute Gasteiger partial charge is 0.548 e. The van der Waals surface area contributed by atoms with Gasteiger partial charge in [0.15, 0.2) is 51.2 Å². The highest BCUT2D eigenvalue weighted by Gasteiger charge is 2.54. The lowest BCUT2D eigenvalue weighted by Crippen LogP contribution is -2.61. The van der Waals surface area contributed by atoms with Gasteiger partial charge in [-0.1, -0.05) is 145 Å². The van der Waals surface area contributed by atoms with Crippen molar-refractivity contribution in [3.05, 3.63) is 226 Å². The van der Waals surface area contributed by atoms with Crippen molar-refractivity contribution in [2.45, 2.75) is 292 Å². The number of H-pyrrole nitrogens is 1. The van der Waals surface area contributed by atoms with Crippen molar-refractivity contribution in [1.29, 1.82) is 0 Å². The number of rotatable bonds is 27. The predicted octanol–water partition coefficient (Wildman–Crippen LogP) is 12.3. The summed E-state index contributed by atoms with van der Waals surface area (Å²) in [6.07, 6.45) is 7.29. The number of hydrogen-bond donors (Lipinski definition) is 5. The molecular weight excluding hydrogens is 1610 g/mol. The molecule has 15 atom stereocenters. The number of aromatic nitrogens is 8. The molecule has 0 amide bonds. The number of aromatic amines is 1. The minimum atomic E-state index is -1.41. The second kappa shape index (κ2) is 49.3. The van der Waals surface area contributed by atoms with Gasteiger partial charge in [-0.05, 0) is 151 Å². The maximum Gasteiger partial charge on any atom is 0.305 e. The Hall–Kier alpha value is -10.3. The molecule has 4 aromatic carbocycles. The Bertz CT molecular complexity index is 4580. The Morgan fingerprint density at radius 1 is 0.390 bits per heavy atom. The van der Waals surface area contributed by atoms with Crippen LogP contribution in [0, 0.1) is 0 Å². The molecule has 0 saturated carbocycles. The van der Waals surface area contributed by atoms with E-state index in [1.165, 1.54) is 76.9 Å². The van der Waals surface area contributed by atoms with Gasteiger partial charge in [0.1, 0.15) is 36.6 Å². The van der Waals surface area contributed by atoms with E-state index in [0.29, 0.717) is 25.7 Å². The van der Waals surface area contributed by atoms with Crippen LogP contribution in [-0.2, 0) is 137 Å². The van der Waals surface area contributed by atoms with E-state index in [1.54, 1.807) is 30.2 Å². The van der Waals surface area contributed by atoms with Crippen molar-refractivity contribution < 1.29 is 106 Å². The number of nitrogens with zero attached hydrogens (tertiary/aromatic N) is 7. The summed E-state index contributed by atoms with van der Waals surface area (Å²) in [4.78, 5) is 81.1. The first kappa shape index (κ1) is 102. The molecule has 32 heteroatoms. The third kappa shape index (κ3) is 33.4. The van der Waals surface area contributed by atoms with E-state index in [4.69, 9.17) is 51.8 Å². The van der Waals surface area contributed by atoms with Crippen LogP contribution in [0.15, 0.2) is 159 Å². The normalized spacial score (nSPS) is 22.1. The van der Waals surface area contributed by atoms with Crippen LogP contribution in [0.25, 0.3) is 0 Å². The fourth-order valence-corrected chi connectivity index (χ4v) is 15.6. The fraction of sp³-hybridized carbons (Fsp3) is 0.505. The second-order valence-electron chi connectivity index (χ2n) is 32.2. The molecule has 3 saturated heterocycles. The summed E-state index contributed by atoms with van der Waals surface area (Å²) >= 11 is 0. The van der Waals surface area contributed by atoms with E-state index >= 15 is 0 Å². The van der Waals surface area contributed by atoms with Gasteiger partial charge in [0.25, 0.3) is 0 Å². The van der Waals surface area contributed by atoms with E-state index in [-0.39, 0.29) is 0 Å². The molecule has 0 spiro atoms. The van der Waals surface area contributed by atoms with E-state index in [2.05, 4.69) is 207 Å². The third-order valence-electron chi connectivity index (χ3n) is 19.5. The minimum absolute atomic E-state index is 0.375. The van der Waals surface area contributed by atoms with E-state index < -0.39 is 157 Å². The second-order valence-corrected chi connectivity index (χ2v) is 41.5. The minimum Gasteiger partial charge on any atom is -0.548 e. The Morgan fingerprint density at radius 3 is 1.06 bits per heavy atom. The number of allylic oxidation sites excluding steroid dienone is 1. The van der Waals surface area contributed by atoms with Crippen LogP contribution < -0.4 is 0 Å². The average molecular weight is 1740 g/mol. The highest BCUT2D eigenvalue weighted by atomic mass is 28.4. The maximum absolute atomic E-state index is 11.9. The lowest BCUT2D eigenvalue weighted by molar-refractivity contribution is -0.296. The molecule has 0 bridgehead atoms. The van der Waals surface area contributed by atoms with Crippen LogP contribution in [0.4, 0.5) is 0 Å². The molecular formula is C91H128N8O22Si2. The van der Waals surface area contributed by atoms with E-state index in [0.717, 1.165) is 87.3 Å². The van der Waals surface area contributed by atoms with Gasteiger partial charge in [0.2, 0.25) is 20.7 Å². The van der Waals surface area contributed by atoms with Crippen LogP contribution >= 0.6 is 0 Å². The monoisotopic (exact) mass is 1740 g/mol. The first-order chi connectivity index (χ1) is 58.2. The average Bonchev–Trinajstić information content (AvgIpc) is 1.77. The quantitative estimate of drug-likeness (QED) is 0.0138. The number of aryl methyl sites for hydroxylation is 4. The highest BCUT2D eigenvalue weighted by Crippen LogP contribution is 2.37. The van der Waals surface area contributed by atoms with Crippen molar-refractivity contribution in [2.24, 2.45) is 0 Å². The summed E-state index contributed by atoms with van der Waals surface area (Å²) < 4.78 is 64.9. The number of esters is 7. The third-order valence-corrected chi connectivity index (χ3v) is 22.1. The molecule has 3 aliphatic rings. The first-order valence-corrected chi connectivity index (χ1v) is 48.6. The van der Waals surface area contributed by atoms with Crippen molar-refractivity contribution in [3.8, 4) is 0 Å². The molecule has 7 heterocycles. The number of ether oxygens (including phenoxy) is 10. The van der Waals surface area contributed by atoms with Crippen molar-refractivity contribution in [3.63, 3.8) is 0 Å². The Kier molecular flexibility index (Phi) is 40.7. The lowest BCUT2D eigenvalue weighted by Gasteiger charge is -2.44. The molecule has 672 valence electrons. The van der Waals surface area contributed by atoms with Gasteiger partial charge in [-0.2, -0.15) is 20.4 Å². The zero-order chi connectivity index (χ0) is 91.0. The Balaban J connectivity index is 0.000000238. The molecule has 5 N–H and O–H groups in total. The van der Waals surface area contributed by atoms with Gasteiger partial charge in [0, 0.05) is 98.9 Å². The van der Waals surface area contributed by atoms with Gasteiger partial charge in [-0.15, -0.1) is 0 Å². The molecule has 0 aliphatic carbocycles. The number of carbonyl (C=O) groups is 7. The molecule has 123 heavy (non-hydrogen) atoms. The van der Waals surface area contributed by atoms with Crippen LogP contribution in [0.3, 0.4) is 0 Å². The number of hydrogen-bond acceptors (Lipinski definition) is 26. The van der Waals surface area contributed by atoms with Crippen molar-refractivity contribution >= 4 is 58.3 Å². The first-order valence-electron chi connectivity index (χ1n) is 41.7. The summed E-state index contributed by atoms with van der Waals surface area (Å²) in [5.41, 5.74) is 14.7. The number of aliphatic hydroxyl groups excluding tert-OH is 4. The molecule has 11 rings (SSSR count). The number of nitrogens with one attached hydrogen (secondary N) is 1. The standard InChI is InChI=1S/C25H32N2O7.C18H24N2O5.C15H22N2Si.C15H22O9.C12H14N2.C6H14OSi/c1-6-18-8-10-19(11-9-18)12-20-13-26-27(14-20)25-24(33-17(5)30)23(32-16(4)29)22(31-15(3)28)21(7-2)34-25;1-2-11-3-5-12(6-4-11)7-13-8-19-20(9-13)18-17(24)16(23)15(22)14(10-21)25-18;1-5-13-6-8-14(9-7-13)10-15-11-16-17(12-15)18(2,3)4;1-6-11-12(20-7(2)16)13(21-8(3)17)14(22-9(4)18)15(24-11)23-10(5)19;1-2-10-3-5-11(6-4-10)7-12-8-13-14-9-12;1-6(2)7-8(3,4)5/h8-11,13-14,21-25H,6-7,12H2,1-5H3;3-6,8-9,14-18,21-24H,2,7,10H2,1H3;6-9,11-12H,5,10H2,1-4H3;11-15H,6H2,1-5H3;3-6,8-9H,2,7H2,1H3,(H,13,14);1H2,2-5H3/t21-,22-,23+,24-,25?;14-,15-,16+,17-,18?;;11-,12-,13+,14-,15-;;/m11.1../s1. The van der Waals surface area contributed by atoms with Gasteiger partial charge < -0.3 is 76.6 Å². The fourth-order valence-electron chi connectivity index (χ4n) is 13.6.